The topological polar surface area (TPSA) is 28.2 Å². The van der Waals surface area contributed by atoms with Crippen LogP contribution in [0.15, 0.2) is 42.6 Å². The molecule has 2 heterocycles. The van der Waals surface area contributed by atoms with Crippen molar-refractivity contribution in [1.82, 2.24) is 4.98 Å². The fourth-order valence-electron chi connectivity index (χ4n) is 2.53. The van der Waals surface area contributed by atoms with Crippen molar-refractivity contribution in [3.05, 3.63) is 54.1 Å². The molecule has 3 nitrogen and oxygen atoms in total. The Morgan fingerprint density at radius 2 is 2.00 bits per heavy atom. The van der Waals surface area contributed by atoms with Crippen molar-refractivity contribution in [2.24, 2.45) is 0 Å². The van der Waals surface area contributed by atoms with Crippen LogP contribution in [0, 0.1) is 5.82 Å². The third kappa shape index (κ3) is 2.90. The fraction of sp³-hybridized carbons (Fsp3) is 0.312. The number of rotatable bonds is 4. The molecule has 0 bridgehead atoms. The Kier molecular flexibility index (Phi) is 3.81. The van der Waals surface area contributed by atoms with Gasteiger partial charge in [0.1, 0.15) is 5.82 Å². The Bertz CT molecular complexity index is 565. The average Bonchev–Trinajstić information content (AvgIpc) is 3.00. The standard InChI is InChI=1S/C16H18FN3/c17-15-11-13(19-12-14-5-1-2-8-18-14)6-7-16(15)20-9-3-4-10-20/h1-2,5-8,11,19H,3-4,9-10,12H2. The highest BCUT2D eigenvalue weighted by molar-refractivity contribution is 5.56. The van der Waals surface area contributed by atoms with Crippen molar-refractivity contribution in [3.8, 4) is 0 Å². The van der Waals surface area contributed by atoms with E-state index in [1.807, 2.05) is 30.3 Å². The smallest absolute Gasteiger partial charge is 0.148 e. The van der Waals surface area contributed by atoms with Crippen molar-refractivity contribution in [3.63, 3.8) is 0 Å². The zero-order valence-corrected chi connectivity index (χ0v) is 11.3. The molecule has 0 saturated carbocycles. The van der Waals surface area contributed by atoms with Gasteiger partial charge in [0.25, 0.3) is 0 Å². The van der Waals surface area contributed by atoms with Gasteiger partial charge in [-0.2, -0.15) is 0 Å². The van der Waals surface area contributed by atoms with Crippen LogP contribution in [0.5, 0.6) is 0 Å². The normalized spacial score (nSPS) is 14.6. The molecule has 20 heavy (non-hydrogen) atoms. The van der Waals surface area contributed by atoms with Gasteiger partial charge in [-0.25, -0.2) is 4.39 Å². The first kappa shape index (κ1) is 12.9. The van der Waals surface area contributed by atoms with Crippen LogP contribution >= 0.6 is 0 Å². The zero-order chi connectivity index (χ0) is 13.8. The summed E-state index contributed by atoms with van der Waals surface area (Å²) in [6, 6.07) is 11.1. The summed E-state index contributed by atoms with van der Waals surface area (Å²) in [5.74, 6) is -0.155. The van der Waals surface area contributed by atoms with E-state index in [-0.39, 0.29) is 5.82 Å². The van der Waals surface area contributed by atoms with Crippen molar-refractivity contribution in [1.29, 1.82) is 0 Å². The summed E-state index contributed by atoms with van der Waals surface area (Å²) in [5, 5.41) is 3.20. The van der Waals surface area contributed by atoms with Crippen LogP contribution in [0.25, 0.3) is 0 Å². The lowest BCUT2D eigenvalue weighted by Gasteiger charge is -2.19. The SMILES string of the molecule is Fc1cc(NCc2ccccn2)ccc1N1CCCC1. The van der Waals surface area contributed by atoms with Crippen LogP contribution in [-0.2, 0) is 6.54 Å². The summed E-state index contributed by atoms with van der Waals surface area (Å²) >= 11 is 0. The molecule has 0 unspecified atom stereocenters. The number of hydrogen-bond donors (Lipinski definition) is 1. The molecule has 0 aliphatic carbocycles. The molecule has 104 valence electrons. The van der Waals surface area contributed by atoms with E-state index in [9.17, 15) is 4.39 Å². The Balaban J connectivity index is 1.67. The van der Waals surface area contributed by atoms with E-state index >= 15 is 0 Å². The second-order valence-electron chi connectivity index (χ2n) is 5.03. The predicted octanol–water partition coefficient (Wildman–Crippen LogP) is 3.43. The third-order valence-electron chi connectivity index (χ3n) is 3.59. The van der Waals surface area contributed by atoms with E-state index in [1.165, 1.54) is 0 Å². The van der Waals surface area contributed by atoms with Gasteiger partial charge in [0, 0.05) is 25.0 Å². The van der Waals surface area contributed by atoms with Crippen LogP contribution in [0.4, 0.5) is 15.8 Å². The molecule has 1 aromatic carbocycles. The summed E-state index contributed by atoms with van der Waals surface area (Å²) in [5.41, 5.74) is 2.44. The lowest BCUT2D eigenvalue weighted by molar-refractivity contribution is 0.623. The van der Waals surface area contributed by atoms with Crippen molar-refractivity contribution in [2.45, 2.75) is 19.4 Å². The van der Waals surface area contributed by atoms with Gasteiger partial charge in [-0.15, -0.1) is 0 Å². The van der Waals surface area contributed by atoms with Gasteiger partial charge in [-0.05, 0) is 43.2 Å². The van der Waals surface area contributed by atoms with E-state index in [1.54, 1.807) is 12.3 Å². The molecule has 1 saturated heterocycles. The molecule has 0 atom stereocenters. The Morgan fingerprint density at radius 1 is 1.15 bits per heavy atom. The lowest BCUT2D eigenvalue weighted by Crippen LogP contribution is -2.19. The molecule has 0 amide bonds. The predicted molar refractivity (Wildman–Crippen MR) is 79.4 cm³/mol. The maximum atomic E-state index is 14.1. The number of benzene rings is 1. The molecule has 1 N–H and O–H groups in total. The van der Waals surface area contributed by atoms with Gasteiger partial charge in [-0.3, -0.25) is 4.98 Å². The maximum absolute atomic E-state index is 14.1. The lowest BCUT2D eigenvalue weighted by atomic mass is 10.2. The van der Waals surface area contributed by atoms with Crippen molar-refractivity contribution < 1.29 is 4.39 Å². The molecule has 0 radical (unpaired) electrons. The van der Waals surface area contributed by atoms with E-state index in [4.69, 9.17) is 0 Å². The second kappa shape index (κ2) is 5.90. The largest absolute Gasteiger partial charge is 0.379 e. The number of pyridine rings is 1. The van der Waals surface area contributed by atoms with E-state index in [0.717, 1.165) is 37.3 Å². The molecule has 3 rings (SSSR count). The quantitative estimate of drug-likeness (QED) is 0.923. The highest BCUT2D eigenvalue weighted by Gasteiger charge is 2.16. The van der Waals surface area contributed by atoms with Crippen LogP contribution < -0.4 is 10.2 Å². The minimum absolute atomic E-state index is 0.155. The summed E-state index contributed by atoms with van der Waals surface area (Å²) in [6.07, 6.45) is 4.06. The van der Waals surface area contributed by atoms with Gasteiger partial charge in [-0.1, -0.05) is 6.07 Å². The Hall–Kier alpha value is -2.10. The molecule has 1 aliphatic rings. The monoisotopic (exact) mass is 271 g/mol. The van der Waals surface area contributed by atoms with E-state index in [0.29, 0.717) is 12.2 Å². The highest BCUT2D eigenvalue weighted by Crippen LogP contribution is 2.26. The summed E-state index contributed by atoms with van der Waals surface area (Å²) < 4.78 is 14.1. The maximum Gasteiger partial charge on any atom is 0.148 e. The van der Waals surface area contributed by atoms with Gasteiger partial charge < -0.3 is 10.2 Å². The van der Waals surface area contributed by atoms with Crippen molar-refractivity contribution in [2.75, 3.05) is 23.3 Å². The van der Waals surface area contributed by atoms with Crippen LogP contribution in [0.1, 0.15) is 18.5 Å². The van der Waals surface area contributed by atoms with Crippen molar-refractivity contribution >= 4 is 11.4 Å². The molecule has 0 spiro atoms. The van der Waals surface area contributed by atoms with Crippen LogP contribution in [0.3, 0.4) is 0 Å². The minimum Gasteiger partial charge on any atom is -0.379 e. The first-order chi connectivity index (χ1) is 9.83. The molecular formula is C16H18FN3. The Morgan fingerprint density at radius 3 is 2.70 bits per heavy atom. The van der Waals surface area contributed by atoms with Gasteiger partial charge in [0.15, 0.2) is 0 Å². The van der Waals surface area contributed by atoms with Gasteiger partial charge >= 0.3 is 0 Å². The van der Waals surface area contributed by atoms with E-state index < -0.39 is 0 Å². The first-order valence-electron chi connectivity index (χ1n) is 7.01. The number of nitrogens with zero attached hydrogens (tertiary/aromatic N) is 2. The molecule has 1 fully saturated rings. The number of nitrogens with one attached hydrogen (secondary N) is 1. The average molecular weight is 271 g/mol. The first-order valence-corrected chi connectivity index (χ1v) is 7.01. The number of hydrogen-bond acceptors (Lipinski definition) is 3. The third-order valence-corrected chi connectivity index (χ3v) is 3.59. The minimum atomic E-state index is -0.155. The molecule has 2 aromatic rings. The number of halogens is 1. The fourth-order valence-corrected chi connectivity index (χ4v) is 2.53. The highest BCUT2D eigenvalue weighted by atomic mass is 19.1. The Labute approximate surface area is 118 Å². The molecule has 1 aliphatic heterocycles. The summed E-state index contributed by atoms with van der Waals surface area (Å²) in [7, 11) is 0. The number of aromatic nitrogens is 1. The molecule has 4 heteroatoms. The van der Waals surface area contributed by atoms with Crippen LogP contribution in [0.2, 0.25) is 0 Å². The molecular weight excluding hydrogens is 253 g/mol. The van der Waals surface area contributed by atoms with Gasteiger partial charge in [0.05, 0.1) is 17.9 Å². The van der Waals surface area contributed by atoms with Crippen LogP contribution in [-0.4, -0.2) is 18.1 Å². The van der Waals surface area contributed by atoms with Gasteiger partial charge in [0.2, 0.25) is 0 Å². The summed E-state index contributed by atoms with van der Waals surface area (Å²) in [4.78, 5) is 6.34. The van der Waals surface area contributed by atoms with E-state index in [2.05, 4.69) is 15.2 Å². The second-order valence-corrected chi connectivity index (χ2v) is 5.03. The zero-order valence-electron chi connectivity index (χ0n) is 11.3. The molecule has 1 aromatic heterocycles. The number of anilines is 2. The summed E-state index contributed by atoms with van der Waals surface area (Å²) in [6.45, 7) is 2.51.